The number of pyridine rings is 1. The predicted molar refractivity (Wildman–Crippen MR) is 88.7 cm³/mol. The second-order valence-electron chi connectivity index (χ2n) is 5.71. The van der Waals surface area contributed by atoms with Crippen LogP contribution in [0.3, 0.4) is 0 Å². The van der Waals surface area contributed by atoms with E-state index in [1.54, 1.807) is 11.1 Å². The van der Waals surface area contributed by atoms with Gasteiger partial charge in [-0.05, 0) is 12.1 Å². The topological polar surface area (TPSA) is 68.2 Å². The first-order chi connectivity index (χ1) is 11.8. The lowest BCUT2D eigenvalue weighted by Crippen LogP contribution is -2.31. The van der Waals surface area contributed by atoms with E-state index in [0.29, 0.717) is 24.7 Å². The lowest BCUT2D eigenvalue weighted by molar-refractivity contribution is 0.0765. The summed E-state index contributed by atoms with van der Waals surface area (Å²) in [5.41, 5.74) is 1.27. The largest absolute Gasteiger partial charge is 0.472 e. The quantitative estimate of drug-likeness (QED) is 0.741. The van der Waals surface area contributed by atoms with Crippen LogP contribution < -0.4 is 4.74 Å². The molecule has 1 atom stereocenters. The first kappa shape index (κ1) is 14.6. The highest BCUT2D eigenvalue weighted by molar-refractivity contribution is 5.92. The summed E-state index contributed by atoms with van der Waals surface area (Å²) < 4.78 is 5.96. The first-order valence-corrected chi connectivity index (χ1v) is 7.87. The van der Waals surface area contributed by atoms with Gasteiger partial charge in [-0.25, -0.2) is 9.97 Å². The molecule has 0 saturated carbocycles. The summed E-state index contributed by atoms with van der Waals surface area (Å²) in [6.07, 6.45) is 5.29. The number of nitrogens with zero attached hydrogens (tertiary/aromatic N) is 4. The molecule has 1 aliphatic heterocycles. The molecular weight excluding hydrogens is 304 g/mol. The van der Waals surface area contributed by atoms with Crippen LogP contribution in [0.1, 0.15) is 16.9 Å². The average molecular weight is 320 g/mol. The van der Waals surface area contributed by atoms with Gasteiger partial charge in [0.2, 0.25) is 5.88 Å². The monoisotopic (exact) mass is 320 g/mol. The van der Waals surface area contributed by atoms with Gasteiger partial charge < -0.3 is 9.64 Å². The van der Waals surface area contributed by atoms with Crippen LogP contribution in [0.2, 0.25) is 0 Å². The second kappa shape index (κ2) is 6.23. The molecule has 0 N–H and O–H groups in total. The van der Waals surface area contributed by atoms with Crippen LogP contribution in [0.4, 0.5) is 0 Å². The summed E-state index contributed by atoms with van der Waals surface area (Å²) in [7, 11) is 0. The molecule has 2 aromatic heterocycles. The zero-order chi connectivity index (χ0) is 16.4. The number of hydrogen-bond donors (Lipinski definition) is 0. The number of benzene rings is 1. The van der Waals surface area contributed by atoms with Crippen LogP contribution in [-0.4, -0.2) is 45.0 Å². The molecule has 6 heteroatoms. The molecule has 4 rings (SSSR count). The molecule has 1 amide bonds. The van der Waals surface area contributed by atoms with E-state index in [0.717, 1.165) is 17.3 Å². The Morgan fingerprint density at radius 3 is 2.96 bits per heavy atom. The lowest BCUT2D eigenvalue weighted by atomic mass is 10.2. The second-order valence-corrected chi connectivity index (χ2v) is 5.71. The van der Waals surface area contributed by atoms with Gasteiger partial charge in [0, 0.05) is 36.8 Å². The number of ether oxygens (including phenoxy) is 1. The van der Waals surface area contributed by atoms with E-state index in [1.807, 2.05) is 36.4 Å². The van der Waals surface area contributed by atoms with Crippen molar-refractivity contribution in [2.75, 3.05) is 13.1 Å². The van der Waals surface area contributed by atoms with E-state index in [4.69, 9.17) is 4.74 Å². The number of carbonyl (C=O) groups is 1. The molecule has 1 aliphatic rings. The van der Waals surface area contributed by atoms with Crippen LogP contribution in [0, 0.1) is 0 Å². The molecule has 1 fully saturated rings. The number of likely N-dealkylation sites (tertiary alicyclic amines) is 1. The van der Waals surface area contributed by atoms with Crippen molar-refractivity contribution in [2.45, 2.75) is 12.5 Å². The maximum absolute atomic E-state index is 12.4. The summed E-state index contributed by atoms with van der Waals surface area (Å²) in [6, 6.07) is 11.8. The van der Waals surface area contributed by atoms with Gasteiger partial charge in [0.25, 0.3) is 5.91 Å². The van der Waals surface area contributed by atoms with Gasteiger partial charge >= 0.3 is 0 Å². The highest BCUT2D eigenvalue weighted by Crippen LogP contribution is 2.21. The molecule has 3 aromatic rings. The third-order valence-electron chi connectivity index (χ3n) is 4.07. The van der Waals surface area contributed by atoms with Crippen molar-refractivity contribution in [1.29, 1.82) is 0 Å². The fourth-order valence-corrected chi connectivity index (χ4v) is 2.86. The molecule has 1 aromatic carbocycles. The Morgan fingerprint density at radius 2 is 2.08 bits per heavy atom. The molecule has 3 heterocycles. The van der Waals surface area contributed by atoms with Gasteiger partial charge in [-0.2, -0.15) is 0 Å². The van der Waals surface area contributed by atoms with Gasteiger partial charge in [-0.15, -0.1) is 0 Å². The Kier molecular flexibility index (Phi) is 3.78. The molecule has 0 radical (unpaired) electrons. The Hall–Kier alpha value is -3.02. The number of carbonyl (C=O) groups excluding carboxylic acids is 1. The van der Waals surface area contributed by atoms with E-state index >= 15 is 0 Å². The van der Waals surface area contributed by atoms with Crippen LogP contribution in [0.25, 0.3) is 10.9 Å². The third kappa shape index (κ3) is 2.90. The van der Waals surface area contributed by atoms with Crippen molar-refractivity contribution in [1.82, 2.24) is 19.9 Å². The highest BCUT2D eigenvalue weighted by atomic mass is 16.5. The third-order valence-corrected chi connectivity index (χ3v) is 4.07. The van der Waals surface area contributed by atoms with Gasteiger partial charge in [-0.1, -0.05) is 18.2 Å². The van der Waals surface area contributed by atoms with E-state index in [1.165, 1.54) is 12.4 Å². The van der Waals surface area contributed by atoms with Crippen molar-refractivity contribution >= 4 is 16.8 Å². The van der Waals surface area contributed by atoms with Crippen molar-refractivity contribution in [3.63, 3.8) is 0 Å². The van der Waals surface area contributed by atoms with Gasteiger partial charge in [0.1, 0.15) is 11.8 Å². The summed E-state index contributed by atoms with van der Waals surface area (Å²) in [4.78, 5) is 26.6. The van der Waals surface area contributed by atoms with E-state index in [-0.39, 0.29) is 12.0 Å². The molecule has 1 saturated heterocycles. The minimum absolute atomic E-state index is 0.0562. The van der Waals surface area contributed by atoms with E-state index < -0.39 is 0 Å². The minimum atomic E-state index is -0.110. The van der Waals surface area contributed by atoms with Crippen molar-refractivity contribution in [3.05, 3.63) is 60.7 Å². The predicted octanol–water partition coefficient (Wildman–Crippen LogP) is 2.32. The summed E-state index contributed by atoms with van der Waals surface area (Å²) in [5, 5.41) is 1.08. The Morgan fingerprint density at radius 1 is 1.17 bits per heavy atom. The number of amides is 1. The molecule has 0 spiro atoms. The molecule has 120 valence electrons. The van der Waals surface area contributed by atoms with E-state index in [2.05, 4.69) is 15.0 Å². The summed E-state index contributed by atoms with van der Waals surface area (Å²) >= 11 is 0. The zero-order valence-corrected chi connectivity index (χ0v) is 13.0. The Labute approximate surface area is 139 Å². The standard InChI is InChI=1S/C18H16N4O2/c23-18(16-11-19-8-9-20-16)22-10-7-14(12-22)24-17-6-5-13-3-1-2-4-15(13)21-17/h1-6,8-9,11,14H,7,10,12H2. The first-order valence-electron chi connectivity index (χ1n) is 7.87. The minimum Gasteiger partial charge on any atom is -0.472 e. The number of rotatable bonds is 3. The summed E-state index contributed by atoms with van der Waals surface area (Å²) in [6.45, 7) is 1.18. The maximum atomic E-state index is 12.4. The Balaban J connectivity index is 1.44. The zero-order valence-electron chi connectivity index (χ0n) is 13.0. The van der Waals surface area contributed by atoms with Crippen LogP contribution in [0.5, 0.6) is 5.88 Å². The lowest BCUT2D eigenvalue weighted by Gasteiger charge is -2.16. The van der Waals surface area contributed by atoms with Gasteiger partial charge in [0.15, 0.2) is 0 Å². The number of para-hydroxylation sites is 1. The van der Waals surface area contributed by atoms with Crippen LogP contribution >= 0.6 is 0 Å². The SMILES string of the molecule is O=C(c1cnccn1)N1CCC(Oc2ccc3ccccc3n2)C1. The maximum Gasteiger partial charge on any atom is 0.274 e. The molecule has 1 unspecified atom stereocenters. The summed E-state index contributed by atoms with van der Waals surface area (Å²) in [5.74, 6) is 0.480. The Bertz CT molecular complexity index is 869. The van der Waals surface area contributed by atoms with Gasteiger partial charge in [0.05, 0.1) is 18.3 Å². The molecule has 6 nitrogen and oxygen atoms in total. The molecular formula is C18H16N4O2. The fraction of sp³-hybridized carbons (Fsp3) is 0.222. The average Bonchev–Trinajstić information content (AvgIpc) is 3.10. The molecule has 0 bridgehead atoms. The number of fused-ring (bicyclic) bond motifs is 1. The van der Waals surface area contributed by atoms with Crippen molar-refractivity contribution in [2.24, 2.45) is 0 Å². The molecule has 24 heavy (non-hydrogen) atoms. The number of aromatic nitrogens is 3. The van der Waals surface area contributed by atoms with Crippen LogP contribution in [-0.2, 0) is 0 Å². The van der Waals surface area contributed by atoms with E-state index in [9.17, 15) is 4.79 Å². The molecule has 0 aliphatic carbocycles. The normalized spacial score (nSPS) is 17.2. The van der Waals surface area contributed by atoms with Crippen molar-refractivity contribution < 1.29 is 9.53 Å². The van der Waals surface area contributed by atoms with Crippen molar-refractivity contribution in [3.8, 4) is 5.88 Å². The van der Waals surface area contributed by atoms with Crippen LogP contribution in [0.15, 0.2) is 55.0 Å². The highest BCUT2D eigenvalue weighted by Gasteiger charge is 2.29. The fourth-order valence-electron chi connectivity index (χ4n) is 2.86. The number of hydrogen-bond acceptors (Lipinski definition) is 5. The van der Waals surface area contributed by atoms with Gasteiger partial charge in [-0.3, -0.25) is 9.78 Å². The smallest absolute Gasteiger partial charge is 0.274 e.